The van der Waals surface area contributed by atoms with Crippen molar-refractivity contribution in [3.05, 3.63) is 65.0 Å². The van der Waals surface area contributed by atoms with Crippen LogP contribution in [0.15, 0.2) is 48.0 Å². The van der Waals surface area contributed by atoms with E-state index in [0.717, 1.165) is 0 Å². The molecule has 6 nitrogen and oxygen atoms in total. The number of anilines is 1. The van der Waals surface area contributed by atoms with Crippen LogP contribution in [0.1, 0.15) is 22.8 Å². The van der Waals surface area contributed by atoms with Crippen LogP contribution < -0.4 is 10.1 Å². The predicted octanol–water partition coefficient (Wildman–Crippen LogP) is 3.47. The molecule has 0 atom stereocenters. The first kappa shape index (κ1) is 18.7. The maximum Gasteiger partial charge on any atom is 0.339 e. The van der Waals surface area contributed by atoms with Crippen LogP contribution in [0.3, 0.4) is 0 Å². The molecule has 0 unspecified atom stereocenters. The molecule has 132 valence electrons. The van der Waals surface area contributed by atoms with Crippen molar-refractivity contribution in [1.82, 2.24) is 0 Å². The molecular formula is C19H15FN2O4. The fourth-order valence-electron chi connectivity index (χ4n) is 2.13. The summed E-state index contributed by atoms with van der Waals surface area (Å²) in [5.41, 5.74) is 0.388. The van der Waals surface area contributed by atoms with Crippen LogP contribution in [0, 0.1) is 17.1 Å². The van der Waals surface area contributed by atoms with Gasteiger partial charge in [0.05, 0.1) is 6.61 Å². The largest absolute Gasteiger partial charge is 0.493 e. The minimum atomic E-state index is -1.18. The first-order valence-electron chi connectivity index (χ1n) is 7.63. The van der Waals surface area contributed by atoms with Gasteiger partial charge >= 0.3 is 5.97 Å². The highest BCUT2D eigenvalue weighted by molar-refractivity contribution is 6.09. The molecule has 0 aromatic heterocycles. The molecule has 0 aliphatic rings. The SMILES string of the molecule is CCOc1ccc(/C=C(\C#N)C(=O)Nc2ccc(F)cc2)cc1C(=O)O. The van der Waals surface area contributed by atoms with Gasteiger partial charge in [-0.25, -0.2) is 9.18 Å². The van der Waals surface area contributed by atoms with Gasteiger partial charge in [-0.05, 0) is 55.0 Å². The minimum Gasteiger partial charge on any atom is -0.493 e. The lowest BCUT2D eigenvalue weighted by atomic mass is 10.1. The Morgan fingerprint density at radius 3 is 2.54 bits per heavy atom. The number of benzene rings is 2. The van der Waals surface area contributed by atoms with E-state index in [4.69, 9.17) is 4.74 Å². The summed E-state index contributed by atoms with van der Waals surface area (Å²) in [7, 11) is 0. The number of ether oxygens (including phenoxy) is 1. The quantitative estimate of drug-likeness (QED) is 0.611. The molecule has 0 fully saturated rings. The van der Waals surface area contributed by atoms with Crippen LogP contribution in [0.4, 0.5) is 10.1 Å². The van der Waals surface area contributed by atoms with Gasteiger partial charge in [-0.15, -0.1) is 0 Å². The van der Waals surface area contributed by atoms with Crippen molar-refractivity contribution in [2.24, 2.45) is 0 Å². The van der Waals surface area contributed by atoms with E-state index in [0.29, 0.717) is 17.9 Å². The number of carboxylic acids is 1. The highest BCUT2D eigenvalue weighted by Crippen LogP contribution is 2.22. The van der Waals surface area contributed by atoms with Gasteiger partial charge in [-0.3, -0.25) is 4.79 Å². The molecule has 0 bridgehead atoms. The summed E-state index contributed by atoms with van der Waals surface area (Å²) in [5.74, 6) is -2.12. The van der Waals surface area contributed by atoms with Crippen LogP contribution in [-0.2, 0) is 4.79 Å². The third-order valence-corrected chi connectivity index (χ3v) is 3.31. The lowest BCUT2D eigenvalue weighted by Crippen LogP contribution is -2.13. The number of nitriles is 1. The summed E-state index contributed by atoms with van der Waals surface area (Å²) in [5, 5.41) is 20.9. The smallest absolute Gasteiger partial charge is 0.339 e. The number of rotatable bonds is 6. The standard InChI is InChI=1S/C19H15FN2O4/c1-2-26-17-8-3-12(10-16(17)19(24)25)9-13(11-21)18(23)22-15-6-4-14(20)5-7-15/h3-10H,2H2,1H3,(H,22,23)(H,24,25)/b13-9+. The summed E-state index contributed by atoms with van der Waals surface area (Å²) in [4.78, 5) is 23.5. The Hall–Kier alpha value is -3.66. The summed E-state index contributed by atoms with van der Waals surface area (Å²) in [6.07, 6.45) is 1.26. The molecule has 2 aromatic rings. The van der Waals surface area contributed by atoms with Crippen molar-refractivity contribution in [2.75, 3.05) is 11.9 Å². The number of nitrogens with one attached hydrogen (secondary N) is 1. The van der Waals surface area contributed by atoms with Gasteiger partial charge in [0.2, 0.25) is 0 Å². The van der Waals surface area contributed by atoms with Gasteiger partial charge in [0.15, 0.2) is 0 Å². The number of halogens is 1. The second-order valence-corrected chi connectivity index (χ2v) is 5.12. The van der Waals surface area contributed by atoms with Crippen molar-refractivity contribution in [1.29, 1.82) is 5.26 Å². The second-order valence-electron chi connectivity index (χ2n) is 5.12. The number of nitrogens with zero attached hydrogens (tertiary/aromatic N) is 1. The average molecular weight is 354 g/mol. The van der Waals surface area contributed by atoms with Crippen molar-refractivity contribution in [3.63, 3.8) is 0 Å². The first-order valence-corrected chi connectivity index (χ1v) is 7.63. The highest BCUT2D eigenvalue weighted by Gasteiger charge is 2.14. The molecular weight excluding hydrogens is 339 g/mol. The van der Waals surface area contributed by atoms with E-state index in [9.17, 15) is 24.3 Å². The van der Waals surface area contributed by atoms with Crippen molar-refractivity contribution >= 4 is 23.6 Å². The third kappa shape index (κ3) is 4.68. The third-order valence-electron chi connectivity index (χ3n) is 3.31. The van der Waals surface area contributed by atoms with E-state index in [1.54, 1.807) is 19.1 Å². The molecule has 2 aromatic carbocycles. The zero-order chi connectivity index (χ0) is 19.1. The van der Waals surface area contributed by atoms with E-state index in [1.807, 2.05) is 0 Å². The van der Waals surface area contributed by atoms with E-state index in [1.165, 1.54) is 42.5 Å². The van der Waals surface area contributed by atoms with Gasteiger partial charge in [-0.2, -0.15) is 5.26 Å². The fourth-order valence-corrected chi connectivity index (χ4v) is 2.13. The Kier molecular flexibility index (Phi) is 6.06. The molecule has 0 heterocycles. The first-order chi connectivity index (χ1) is 12.4. The Balaban J connectivity index is 2.28. The minimum absolute atomic E-state index is 0.0724. The summed E-state index contributed by atoms with van der Waals surface area (Å²) >= 11 is 0. The Morgan fingerprint density at radius 1 is 1.27 bits per heavy atom. The summed E-state index contributed by atoms with van der Waals surface area (Å²) in [6, 6.07) is 11.2. The Bertz CT molecular complexity index is 899. The van der Waals surface area contributed by atoms with Gasteiger partial charge in [-0.1, -0.05) is 6.07 Å². The van der Waals surface area contributed by atoms with Crippen molar-refractivity contribution < 1.29 is 23.8 Å². The predicted molar refractivity (Wildman–Crippen MR) is 93.2 cm³/mol. The lowest BCUT2D eigenvalue weighted by molar-refractivity contribution is -0.112. The van der Waals surface area contributed by atoms with Gasteiger partial charge in [0.1, 0.15) is 28.8 Å². The number of hydrogen-bond acceptors (Lipinski definition) is 4. The normalized spacial score (nSPS) is 10.7. The molecule has 2 N–H and O–H groups in total. The second kappa shape index (κ2) is 8.44. The Morgan fingerprint density at radius 2 is 1.96 bits per heavy atom. The van der Waals surface area contributed by atoms with E-state index >= 15 is 0 Å². The maximum atomic E-state index is 12.9. The van der Waals surface area contributed by atoms with Gasteiger partial charge in [0.25, 0.3) is 5.91 Å². The van der Waals surface area contributed by atoms with E-state index in [2.05, 4.69) is 5.32 Å². The monoisotopic (exact) mass is 354 g/mol. The number of hydrogen-bond donors (Lipinski definition) is 2. The van der Waals surface area contributed by atoms with Crippen LogP contribution in [0.2, 0.25) is 0 Å². The van der Waals surface area contributed by atoms with Crippen molar-refractivity contribution in [3.8, 4) is 11.8 Å². The zero-order valence-electron chi connectivity index (χ0n) is 13.8. The number of amides is 1. The maximum absolute atomic E-state index is 12.9. The fraction of sp³-hybridized carbons (Fsp3) is 0.105. The van der Waals surface area contributed by atoms with Gasteiger partial charge < -0.3 is 15.2 Å². The molecule has 0 radical (unpaired) electrons. The number of carbonyl (C=O) groups excluding carboxylic acids is 1. The molecule has 0 spiro atoms. The molecule has 0 saturated heterocycles. The van der Waals surface area contributed by atoms with Gasteiger partial charge in [0, 0.05) is 5.69 Å². The molecule has 0 aliphatic carbocycles. The topological polar surface area (TPSA) is 99.4 Å². The van der Waals surface area contributed by atoms with Crippen LogP contribution in [0.25, 0.3) is 6.08 Å². The number of carbonyl (C=O) groups is 2. The van der Waals surface area contributed by atoms with Crippen LogP contribution >= 0.6 is 0 Å². The molecule has 2 rings (SSSR count). The number of aromatic carboxylic acids is 1. The van der Waals surface area contributed by atoms with Crippen molar-refractivity contribution in [2.45, 2.75) is 6.92 Å². The summed E-state index contributed by atoms with van der Waals surface area (Å²) < 4.78 is 18.1. The molecule has 26 heavy (non-hydrogen) atoms. The van der Waals surface area contributed by atoms with E-state index in [-0.39, 0.29) is 16.9 Å². The molecule has 7 heteroatoms. The summed E-state index contributed by atoms with van der Waals surface area (Å²) in [6.45, 7) is 2.03. The number of carboxylic acid groups (broad SMARTS) is 1. The lowest BCUT2D eigenvalue weighted by Gasteiger charge is -2.08. The molecule has 1 amide bonds. The molecule has 0 saturated carbocycles. The van der Waals surface area contributed by atoms with Crippen LogP contribution in [-0.4, -0.2) is 23.6 Å². The highest BCUT2D eigenvalue weighted by atomic mass is 19.1. The Labute approximate surface area is 149 Å². The average Bonchev–Trinajstić information content (AvgIpc) is 2.62. The molecule has 0 aliphatic heterocycles. The zero-order valence-corrected chi connectivity index (χ0v) is 13.8. The van der Waals surface area contributed by atoms with Crippen LogP contribution in [0.5, 0.6) is 5.75 Å². The van der Waals surface area contributed by atoms with E-state index < -0.39 is 17.7 Å².